The minimum Gasteiger partial charge on any atom is -0.355 e. The van der Waals surface area contributed by atoms with E-state index in [2.05, 4.69) is 19.2 Å². The molecule has 0 bridgehead atoms. The number of amides is 1. The molecule has 0 heterocycles. The molecule has 0 saturated heterocycles. The molecule has 1 amide bonds. The van der Waals surface area contributed by atoms with E-state index in [0.29, 0.717) is 12.0 Å². The van der Waals surface area contributed by atoms with Crippen molar-refractivity contribution in [2.45, 2.75) is 52.4 Å². The van der Waals surface area contributed by atoms with Crippen LogP contribution in [0.3, 0.4) is 0 Å². The topological polar surface area (TPSA) is 55.1 Å². The average Bonchev–Trinajstić information content (AvgIpc) is 2.24. The highest BCUT2D eigenvalue weighted by molar-refractivity contribution is 5.78. The van der Waals surface area contributed by atoms with Crippen molar-refractivity contribution in [2.75, 3.05) is 13.1 Å². The summed E-state index contributed by atoms with van der Waals surface area (Å²) in [5, 5.41) is 3.09. The summed E-state index contributed by atoms with van der Waals surface area (Å²) in [7, 11) is 0. The Hall–Kier alpha value is -0.570. The Morgan fingerprint density at radius 3 is 2.50 bits per heavy atom. The molecule has 1 saturated carbocycles. The predicted molar refractivity (Wildman–Crippen MR) is 67.0 cm³/mol. The fourth-order valence-corrected chi connectivity index (χ4v) is 2.46. The first-order valence-electron chi connectivity index (χ1n) is 6.65. The van der Waals surface area contributed by atoms with Gasteiger partial charge in [0, 0.05) is 13.1 Å². The summed E-state index contributed by atoms with van der Waals surface area (Å²) in [6.45, 7) is 5.63. The smallest absolute Gasteiger partial charge is 0.224 e. The van der Waals surface area contributed by atoms with E-state index in [9.17, 15) is 4.79 Å². The molecule has 0 aromatic heterocycles. The molecular formula is C13H26N2O. The summed E-state index contributed by atoms with van der Waals surface area (Å²) in [5.74, 6) is 0.169. The third kappa shape index (κ3) is 3.21. The Morgan fingerprint density at radius 1 is 1.44 bits per heavy atom. The first kappa shape index (κ1) is 13.5. The van der Waals surface area contributed by atoms with Crippen LogP contribution in [0.2, 0.25) is 0 Å². The molecule has 0 spiro atoms. The van der Waals surface area contributed by atoms with Gasteiger partial charge >= 0.3 is 0 Å². The number of nitrogens with two attached hydrogens (primary N) is 1. The number of carbonyl (C=O) groups is 1. The maximum absolute atomic E-state index is 11.9. The van der Waals surface area contributed by atoms with Gasteiger partial charge in [-0.3, -0.25) is 4.79 Å². The van der Waals surface area contributed by atoms with Gasteiger partial charge in [0.2, 0.25) is 5.91 Å². The molecule has 3 heteroatoms. The van der Waals surface area contributed by atoms with Crippen molar-refractivity contribution >= 4 is 5.91 Å². The van der Waals surface area contributed by atoms with Gasteiger partial charge in [-0.25, -0.2) is 0 Å². The van der Waals surface area contributed by atoms with Crippen molar-refractivity contribution in [3.63, 3.8) is 0 Å². The summed E-state index contributed by atoms with van der Waals surface area (Å²) >= 11 is 0. The lowest BCUT2D eigenvalue weighted by molar-refractivity contribution is -0.125. The van der Waals surface area contributed by atoms with Crippen LogP contribution in [0.15, 0.2) is 0 Å². The third-order valence-electron chi connectivity index (χ3n) is 4.09. The quantitative estimate of drug-likeness (QED) is 0.698. The molecule has 0 aromatic rings. The monoisotopic (exact) mass is 226 g/mol. The third-order valence-corrected chi connectivity index (χ3v) is 4.09. The van der Waals surface area contributed by atoms with Crippen LogP contribution in [-0.2, 0) is 4.79 Å². The average molecular weight is 226 g/mol. The number of hydrogen-bond acceptors (Lipinski definition) is 2. The Morgan fingerprint density at radius 2 is 2.12 bits per heavy atom. The standard InChI is InChI=1S/C13H26N2O/c1-3-6-11(9-14)12(16)15-10-13(4-2)7-5-8-13/h11H,3-10,14H2,1-2H3,(H,15,16). The van der Waals surface area contributed by atoms with E-state index in [1.54, 1.807) is 0 Å². The van der Waals surface area contributed by atoms with E-state index in [1.165, 1.54) is 25.7 Å². The molecule has 94 valence electrons. The lowest BCUT2D eigenvalue weighted by atomic mass is 9.67. The van der Waals surface area contributed by atoms with Gasteiger partial charge in [0.05, 0.1) is 5.92 Å². The second-order valence-electron chi connectivity index (χ2n) is 5.15. The molecule has 1 aliphatic carbocycles. The highest BCUT2D eigenvalue weighted by atomic mass is 16.1. The van der Waals surface area contributed by atoms with E-state index in [-0.39, 0.29) is 11.8 Å². The summed E-state index contributed by atoms with van der Waals surface area (Å²) in [5.41, 5.74) is 6.02. The van der Waals surface area contributed by atoms with Gasteiger partial charge in [-0.15, -0.1) is 0 Å². The van der Waals surface area contributed by atoms with E-state index < -0.39 is 0 Å². The van der Waals surface area contributed by atoms with Crippen molar-refractivity contribution in [2.24, 2.45) is 17.1 Å². The molecule has 1 unspecified atom stereocenters. The largest absolute Gasteiger partial charge is 0.355 e. The lowest BCUT2D eigenvalue weighted by Gasteiger charge is -2.41. The fourth-order valence-electron chi connectivity index (χ4n) is 2.46. The molecule has 1 atom stereocenters. The van der Waals surface area contributed by atoms with Crippen molar-refractivity contribution in [1.82, 2.24) is 5.32 Å². The van der Waals surface area contributed by atoms with E-state index >= 15 is 0 Å². The van der Waals surface area contributed by atoms with Gasteiger partial charge < -0.3 is 11.1 Å². The summed E-state index contributed by atoms with van der Waals surface area (Å²) < 4.78 is 0. The Labute approximate surface area is 99.2 Å². The first-order valence-corrected chi connectivity index (χ1v) is 6.65. The van der Waals surface area contributed by atoms with E-state index in [4.69, 9.17) is 5.73 Å². The van der Waals surface area contributed by atoms with Gasteiger partial charge in [-0.05, 0) is 31.1 Å². The van der Waals surface area contributed by atoms with Crippen LogP contribution in [0.4, 0.5) is 0 Å². The molecule has 3 N–H and O–H groups in total. The lowest BCUT2D eigenvalue weighted by Crippen LogP contribution is -2.44. The molecular weight excluding hydrogens is 200 g/mol. The molecule has 0 aliphatic heterocycles. The highest BCUT2D eigenvalue weighted by Crippen LogP contribution is 2.43. The Kier molecular flexibility index (Phi) is 5.26. The zero-order chi connectivity index (χ0) is 12.0. The van der Waals surface area contributed by atoms with Crippen molar-refractivity contribution < 1.29 is 4.79 Å². The number of rotatable bonds is 7. The maximum atomic E-state index is 11.9. The number of carbonyl (C=O) groups excluding carboxylic acids is 1. The normalized spacial score (nSPS) is 19.9. The van der Waals surface area contributed by atoms with E-state index in [0.717, 1.165) is 19.4 Å². The summed E-state index contributed by atoms with van der Waals surface area (Å²) in [4.78, 5) is 11.9. The highest BCUT2D eigenvalue weighted by Gasteiger charge is 2.35. The van der Waals surface area contributed by atoms with Gasteiger partial charge in [-0.2, -0.15) is 0 Å². The van der Waals surface area contributed by atoms with Crippen LogP contribution in [0, 0.1) is 11.3 Å². The molecule has 0 radical (unpaired) electrons. The minimum atomic E-state index is 0.0129. The molecule has 0 aromatic carbocycles. The SMILES string of the molecule is CCCC(CN)C(=O)NCC1(CC)CCC1. The van der Waals surface area contributed by atoms with E-state index in [1.807, 2.05) is 0 Å². The zero-order valence-corrected chi connectivity index (χ0v) is 10.7. The Balaban J connectivity index is 2.33. The van der Waals surface area contributed by atoms with Crippen LogP contribution in [0.5, 0.6) is 0 Å². The fraction of sp³-hybridized carbons (Fsp3) is 0.923. The molecule has 1 rings (SSSR count). The van der Waals surface area contributed by atoms with Gasteiger partial charge in [0.15, 0.2) is 0 Å². The molecule has 1 fully saturated rings. The van der Waals surface area contributed by atoms with Crippen molar-refractivity contribution in [3.8, 4) is 0 Å². The summed E-state index contributed by atoms with van der Waals surface area (Å²) in [6.07, 6.45) is 6.96. The van der Waals surface area contributed by atoms with Crippen LogP contribution in [0.1, 0.15) is 52.4 Å². The number of hydrogen-bond donors (Lipinski definition) is 2. The van der Waals surface area contributed by atoms with Gasteiger partial charge in [-0.1, -0.05) is 26.7 Å². The zero-order valence-electron chi connectivity index (χ0n) is 10.7. The van der Waals surface area contributed by atoms with Crippen molar-refractivity contribution in [3.05, 3.63) is 0 Å². The van der Waals surface area contributed by atoms with Crippen LogP contribution >= 0.6 is 0 Å². The maximum Gasteiger partial charge on any atom is 0.224 e. The number of nitrogens with one attached hydrogen (secondary N) is 1. The van der Waals surface area contributed by atoms with Crippen LogP contribution in [0.25, 0.3) is 0 Å². The molecule has 3 nitrogen and oxygen atoms in total. The predicted octanol–water partition coefficient (Wildman–Crippen LogP) is 2.06. The second-order valence-corrected chi connectivity index (χ2v) is 5.15. The van der Waals surface area contributed by atoms with Gasteiger partial charge in [0.25, 0.3) is 0 Å². The Bertz CT molecular complexity index is 218. The van der Waals surface area contributed by atoms with Crippen LogP contribution < -0.4 is 11.1 Å². The minimum absolute atomic E-state index is 0.0129. The molecule has 1 aliphatic rings. The first-order chi connectivity index (χ1) is 7.67. The summed E-state index contributed by atoms with van der Waals surface area (Å²) in [6, 6.07) is 0. The molecule has 16 heavy (non-hydrogen) atoms. The van der Waals surface area contributed by atoms with Crippen LogP contribution in [-0.4, -0.2) is 19.0 Å². The second kappa shape index (κ2) is 6.24. The van der Waals surface area contributed by atoms with Gasteiger partial charge in [0.1, 0.15) is 0 Å². The van der Waals surface area contributed by atoms with Crippen molar-refractivity contribution in [1.29, 1.82) is 0 Å².